The van der Waals surface area contributed by atoms with Crippen molar-refractivity contribution in [3.8, 4) is 0 Å². The largest absolute Gasteiger partial charge is 0.379 e. The van der Waals surface area contributed by atoms with Crippen molar-refractivity contribution >= 4 is 17.5 Å². The van der Waals surface area contributed by atoms with E-state index in [-0.39, 0.29) is 30.2 Å². The zero-order valence-electron chi connectivity index (χ0n) is 18.1. The van der Waals surface area contributed by atoms with E-state index in [0.29, 0.717) is 6.54 Å². The van der Waals surface area contributed by atoms with Gasteiger partial charge in [0.15, 0.2) is 0 Å². The summed E-state index contributed by atoms with van der Waals surface area (Å²) < 4.78 is 5.46. The second kappa shape index (κ2) is 10.1. The van der Waals surface area contributed by atoms with Crippen LogP contribution >= 0.6 is 0 Å². The number of hydrogen-bond acceptors (Lipinski definition) is 4. The highest BCUT2D eigenvalue weighted by molar-refractivity contribution is 6.00. The fraction of sp³-hybridized carbons (Fsp3) is 0.440. The van der Waals surface area contributed by atoms with Crippen LogP contribution in [0.2, 0.25) is 0 Å². The Hall–Kier alpha value is -2.70. The maximum absolute atomic E-state index is 13.2. The molecule has 2 aliphatic rings. The highest BCUT2D eigenvalue weighted by Crippen LogP contribution is 2.29. The Morgan fingerprint density at radius 1 is 1.10 bits per heavy atom. The molecule has 0 aromatic heterocycles. The third-order valence-corrected chi connectivity index (χ3v) is 6.22. The number of ether oxygens (including phenoxy) is 1. The molecule has 0 aliphatic carbocycles. The second-order valence-electron chi connectivity index (χ2n) is 8.27. The zero-order chi connectivity index (χ0) is 21.6. The summed E-state index contributed by atoms with van der Waals surface area (Å²) >= 11 is 0. The molecule has 6 nitrogen and oxygen atoms in total. The number of morpholine rings is 1. The summed E-state index contributed by atoms with van der Waals surface area (Å²) in [5, 5.41) is 3.24. The molecule has 4 rings (SSSR count). The number of carbonyl (C=O) groups is 2. The molecule has 2 unspecified atom stereocenters. The van der Waals surface area contributed by atoms with Crippen molar-refractivity contribution in [2.24, 2.45) is 5.92 Å². The Morgan fingerprint density at radius 2 is 1.81 bits per heavy atom. The lowest BCUT2D eigenvalue weighted by Gasteiger charge is -2.31. The van der Waals surface area contributed by atoms with Crippen molar-refractivity contribution in [3.05, 3.63) is 65.7 Å². The SMILES string of the molecule is CCc1ccccc1N1CC(C(=O)NC(CN2CCOCC2)c2ccccc2)CC1=O. The van der Waals surface area contributed by atoms with E-state index in [9.17, 15) is 9.59 Å². The number of carbonyl (C=O) groups excluding carboxylic acids is 2. The van der Waals surface area contributed by atoms with Gasteiger partial charge in [-0.25, -0.2) is 0 Å². The van der Waals surface area contributed by atoms with Crippen LogP contribution in [0.15, 0.2) is 54.6 Å². The van der Waals surface area contributed by atoms with Crippen molar-refractivity contribution in [1.29, 1.82) is 0 Å². The van der Waals surface area contributed by atoms with Crippen LogP contribution in [-0.2, 0) is 20.7 Å². The average Bonchev–Trinajstić information content (AvgIpc) is 3.21. The van der Waals surface area contributed by atoms with Crippen molar-refractivity contribution in [3.63, 3.8) is 0 Å². The molecular weight excluding hydrogens is 390 g/mol. The summed E-state index contributed by atoms with van der Waals surface area (Å²) in [5.41, 5.74) is 3.14. The number of rotatable bonds is 7. The minimum atomic E-state index is -0.340. The number of nitrogens with zero attached hydrogens (tertiary/aromatic N) is 2. The first-order valence-corrected chi connectivity index (χ1v) is 11.2. The zero-order valence-corrected chi connectivity index (χ0v) is 18.1. The molecular formula is C25H31N3O3. The smallest absolute Gasteiger partial charge is 0.227 e. The van der Waals surface area contributed by atoms with E-state index in [1.807, 2.05) is 42.5 Å². The van der Waals surface area contributed by atoms with Crippen LogP contribution in [0.1, 0.15) is 30.5 Å². The van der Waals surface area contributed by atoms with Gasteiger partial charge in [-0.3, -0.25) is 14.5 Å². The molecule has 31 heavy (non-hydrogen) atoms. The Bertz CT molecular complexity index is 896. The Morgan fingerprint density at radius 3 is 2.55 bits per heavy atom. The second-order valence-corrected chi connectivity index (χ2v) is 8.27. The maximum Gasteiger partial charge on any atom is 0.227 e. The fourth-order valence-corrected chi connectivity index (χ4v) is 4.44. The minimum absolute atomic E-state index is 0.0190. The summed E-state index contributed by atoms with van der Waals surface area (Å²) in [4.78, 5) is 30.1. The molecule has 6 heteroatoms. The first-order valence-electron chi connectivity index (χ1n) is 11.2. The van der Waals surface area contributed by atoms with Crippen LogP contribution < -0.4 is 10.2 Å². The molecule has 2 atom stereocenters. The lowest BCUT2D eigenvalue weighted by Crippen LogP contribution is -2.44. The predicted octanol–water partition coefficient (Wildman–Crippen LogP) is 2.79. The van der Waals surface area contributed by atoms with Gasteiger partial charge in [-0.1, -0.05) is 55.5 Å². The molecule has 164 valence electrons. The summed E-state index contributed by atoms with van der Waals surface area (Å²) in [6.07, 6.45) is 1.11. The van der Waals surface area contributed by atoms with E-state index < -0.39 is 0 Å². The summed E-state index contributed by atoms with van der Waals surface area (Å²) in [5.74, 6) is -0.370. The summed E-state index contributed by atoms with van der Waals surface area (Å²) in [7, 11) is 0. The standard InChI is InChI=1S/C25H31N3O3/c1-2-19-8-6-7-11-23(19)28-17-21(16-24(28)29)25(30)26-22(20-9-4-3-5-10-20)18-27-12-14-31-15-13-27/h3-11,21-22H,2,12-18H2,1H3,(H,26,30). The molecule has 2 amide bonds. The van der Waals surface area contributed by atoms with Crippen LogP contribution in [0.5, 0.6) is 0 Å². The molecule has 0 radical (unpaired) electrons. The molecule has 0 spiro atoms. The number of para-hydroxylation sites is 1. The molecule has 2 saturated heterocycles. The molecule has 2 aromatic carbocycles. The average molecular weight is 422 g/mol. The monoisotopic (exact) mass is 421 g/mol. The van der Waals surface area contributed by atoms with Gasteiger partial charge in [0, 0.05) is 38.3 Å². The first-order chi connectivity index (χ1) is 15.2. The molecule has 1 N–H and O–H groups in total. The van der Waals surface area contributed by atoms with Crippen LogP contribution in [0.4, 0.5) is 5.69 Å². The van der Waals surface area contributed by atoms with E-state index in [1.165, 1.54) is 0 Å². The van der Waals surface area contributed by atoms with E-state index in [0.717, 1.165) is 56.1 Å². The van der Waals surface area contributed by atoms with E-state index in [4.69, 9.17) is 4.74 Å². The number of aryl methyl sites for hydroxylation is 1. The molecule has 0 saturated carbocycles. The van der Waals surface area contributed by atoms with Crippen LogP contribution in [0.25, 0.3) is 0 Å². The molecule has 2 heterocycles. The number of nitrogens with one attached hydrogen (secondary N) is 1. The number of hydrogen-bond donors (Lipinski definition) is 1. The van der Waals surface area contributed by atoms with Gasteiger partial charge in [-0.2, -0.15) is 0 Å². The van der Waals surface area contributed by atoms with Crippen LogP contribution in [0, 0.1) is 5.92 Å². The Kier molecular flexibility index (Phi) is 6.99. The maximum atomic E-state index is 13.2. The van der Waals surface area contributed by atoms with Crippen molar-refractivity contribution in [2.45, 2.75) is 25.8 Å². The third-order valence-electron chi connectivity index (χ3n) is 6.22. The molecule has 2 aromatic rings. The topological polar surface area (TPSA) is 61.9 Å². The van der Waals surface area contributed by atoms with Crippen LogP contribution in [0.3, 0.4) is 0 Å². The van der Waals surface area contributed by atoms with Crippen molar-refractivity contribution < 1.29 is 14.3 Å². The quantitative estimate of drug-likeness (QED) is 0.747. The summed E-state index contributed by atoms with van der Waals surface area (Å²) in [6.45, 7) is 6.42. The molecule has 0 bridgehead atoms. The van der Waals surface area contributed by atoms with E-state index >= 15 is 0 Å². The van der Waals surface area contributed by atoms with E-state index in [1.54, 1.807) is 4.90 Å². The molecule has 2 fully saturated rings. The van der Waals surface area contributed by atoms with Gasteiger partial charge in [0.2, 0.25) is 11.8 Å². The summed E-state index contributed by atoms with van der Waals surface area (Å²) in [6, 6.07) is 17.9. The minimum Gasteiger partial charge on any atom is -0.379 e. The Balaban J connectivity index is 1.46. The van der Waals surface area contributed by atoms with Crippen molar-refractivity contribution in [2.75, 3.05) is 44.3 Å². The number of benzene rings is 2. The van der Waals surface area contributed by atoms with Gasteiger partial charge in [-0.15, -0.1) is 0 Å². The third kappa shape index (κ3) is 5.14. The van der Waals surface area contributed by atoms with Crippen molar-refractivity contribution in [1.82, 2.24) is 10.2 Å². The normalized spacial score (nSPS) is 20.6. The van der Waals surface area contributed by atoms with Gasteiger partial charge in [0.1, 0.15) is 0 Å². The fourth-order valence-electron chi connectivity index (χ4n) is 4.44. The van der Waals surface area contributed by atoms with Gasteiger partial charge < -0.3 is 15.0 Å². The van der Waals surface area contributed by atoms with Gasteiger partial charge in [0.05, 0.1) is 25.2 Å². The van der Waals surface area contributed by atoms with Gasteiger partial charge in [-0.05, 0) is 23.6 Å². The highest BCUT2D eigenvalue weighted by Gasteiger charge is 2.36. The van der Waals surface area contributed by atoms with Crippen LogP contribution in [-0.4, -0.2) is 56.1 Å². The van der Waals surface area contributed by atoms with Gasteiger partial charge in [0.25, 0.3) is 0 Å². The number of amides is 2. The highest BCUT2D eigenvalue weighted by atomic mass is 16.5. The number of anilines is 1. The van der Waals surface area contributed by atoms with Gasteiger partial charge >= 0.3 is 0 Å². The predicted molar refractivity (Wildman–Crippen MR) is 121 cm³/mol. The Labute approximate surface area is 184 Å². The van der Waals surface area contributed by atoms with E-state index in [2.05, 4.69) is 29.3 Å². The lowest BCUT2D eigenvalue weighted by atomic mass is 10.0. The first kappa shape index (κ1) is 21.5. The molecule has 2 aliphatic heterocycles. The lowest BCUT2D eigenvalue weighted by molar-refractivity contribution is -0.127.